The molecule has 0 aliphatic rings. The first kappa shape index (κ1) is 19.6. The van der Waals surface area contributed by atoms with Gasteiger partial charge in [0.2, 0.25) is 0 Å². The lowest BCUT2D eigenvalue weighted by atomic mass is 10.1. The molecule has 6 nitrogen and oxygen atoms in total. The number of nitrogens with zero attached hydrogens (tertiary/aromatic N) is 1. The van der Waals surface area contributed by atoms with Gasteiger partial charge in [-0.05, 0) is 43.5 Å². The van der Waals surface area contributed by atoms with Crippen molar-refractivity contribution in [1.29, 1.82) is 0 Å². The van der Waals surface area contributed by atoms with Gasteiger partial charge in [0.1, 0.15) is 5.70 Å². The third kappa shape index (κ3) is 5.06. The van der Waals surface area contributed by atoms with E-state index in [1.165, 1.54) is 42.1 Å². The second-order valence-electron chi connectivity index (χ2n) is 4.93. The lowest BCUT2D eigenvalue weighted by Gasteiger charge is -2.15. The number of thioether (sulfide) groups is 1. The fraction of sp³-hybridized carbons (Fsp3) is 0.294. The van der Waals surface area contributed by atoms with E-state index in [0.29, 0.717) is 10.6 Å². The molecule has 0 aliphatic carbocycles. The number of likely N-dealkylation sites (N-methyl/N-ethyl adjacent to an activating group) is 1. The lowest BCUT2D eigenvalue weighted by molar-refractivity contribution is -0.140. The monoisotopic (exact) mass is 351 g/mol. The summed E-state index contributed by atoms with van der Waals surface area (Å²) in [6.07, 6.45) is 4.78. The minimum absolute atomic E-state index is 0.238. The first-order valence-corrected chi connectivity index (χ1v) is 8.41. The van der Waals surface area contributed by atoms with E-state index in [-0.39, 0.29) is 29.5 Å². The Hall–Kier alpha value is -2.41. The highest BCUT2D eigenvalue weighted by Crippen LogP contribution is 2.27. The van der Waals surface area contributed by atoms with Gasteiger partial charge in [-0.2, -0.15) is 0 Å². The van der Waals surface area contributed by atoms with Gasteiger partial charge in [0.25, 0.3) is 0 Å². The van der Waals surface area contributed by atoms with Crippen molar-refractivity contribution in [2.45, 2.75) is 6.92 Å². The Balaban J connectivity index is 3.15. The van der Waals surface area contributed by atoms with Crippen molar-refractivity contribution in [3.63, 3.8) is 0 Å². The highest BCUT2D eigenvalue weighted by molar-refractivity contribution is 8.03. The average Bonchev–Trinajstić information content (AvgIpc) is 2.53. The molecular formula is C17H21NO5S. The van der Waals surface area contributed by atoms with Crippen molar-refractivity contribution >= 4 is 23.5 Å². The van der Waals surface area contributed by atoms with Crippen LogP contribution in [0.1, 0.15) is 17.3 Å². The number of allylic oxidation sites excluding steroid dienone is 3. The topological polar surface area (TPSA) is 87.1 Å². The van der Waals surface area contributed by atoms with Crippen LogP contribution in [0.15, 0.2) is 41.0 Å². The van der Waals surface area contributed by atoms with E-state index in [1.807, 2.05) is 0 Å². The maximum absolute atomic E-state index is 12.5. The lowest BCUT2D eigenvalue weighted by Crippen LogP contribution is -2.21. The van der Waals surface area contributed by atoms with Crippen molar-refractivity contribution in [2.24, 2.45) is 0 Å². The summed E-state index contributed by atoms with van der Waals surface area (Å²) in [5.74, 6) is -1.46. The van der Waals surface area contributed by atoms with E-state index in [4.69, 9.17) is 4.74 Å². The number of aromatic hydroxyl groups is 2. The standard InChI is InChI=1S/C17H21NO5S/c1-5-23-17(22)12(18(2)3)7-9-15(24-4)16(21)11-6-8-13(19)14(20)10-11/h6-10,19-20H,5H2,1-4H3/b12-7-,15-9-. The Bertz CT molecular complexity index is 680. The molecule has 0 heterocycles. The van der Waals surface area contributed by atoms with Crippen LogP contribution in [0.5, 0.6) is 11.5 Å². The molecule has 0 unspecified atom stereocenters. The summed E-state index contributed by atoms with van der Waals surface area (Å²) in [5, 5.41) is 18.8. The molecule has 0 amide bonds. The Kier molecular flexibility index (Phi) is 7.38. The molecule has 0 bridgehead atoms. The minimum Gasteiger partial charge on any atom is -0.504 e. The van der Waals surface area contributed by atoms with Crippen LogP contribution in [0.2, 0.25) is 0 Å². The van der Waals surface area contributed by atoms with Crippen LogP contribution in [0.4, 0.5) is 0 Å². The van der Waals surface area contributed by atoms with Gasteiger partial charge in [0.15, 0.2) is 17.3 Å². The van der Waals surface area contributed by atoms with Crippen LogP contribution in [-0.2, 0) is 9.53 Å². The van der Waals surface area contributed by atoms with Crippen molar-refractivity contribution in [2.75, 3.05) is 27.0 Å². The number of hydrogen-bond donors (Lipinski definition) is 2. The predicted molar refractivity (Wildman–Crippen MR) is 94.1 cm³/mol. The molecule has 0 aliphatic heterocycles. The molecule has 0 saturated carbocycles. The zero-order valence-corrected chi connectivity index (χ0v) is 14.9. The fourth-order valence-electron chi connectivity index (χ4n) is 1.80. The van der Waals surface area contributed by atoms with Crippen LogP contribution < -0.4 is 0 Å². The van der Waals surface area contributed by atoms with Gasteiger partial charge < -0.3 is 19.8 Å². The molecule has 0 fully saturated rings. The summed E-state index contributed by atoms with van der Waals surface area (Å²) in [4.78, 5) is 26.3. The fourth-order valence-corrected chi connectivity index (χ4v) is 2.31. The minimum atomic E-state index is -0.478. The summed E-state index contributed by atoms with van der Waals surface area (Å²) in [6.45, 7) is 1.98. The molecule has 1 rings (SSSR count). The Labute approximate surface area is 145 Å². The number of phenols is 2. The SMILES string of the molecule is CCOC(=O)/C(=C/C=C(\SC)C(=O)c1ccc(O)c(O)c1)N(C)C. The van der Waals surface area contributed by atoms with Crippen LogP contribution in [0.3, 0.4) is 0 Å². The molecule has 2 N–H and O–H groups in total. The number of carbonyl (C=O) groups excluding carboxylic acids is 2. The third-order valence-corrected chi connectivity index (χ3v) is 3.80. The number of carbonyl (C=O) groups is 2. The van der Waals surface area contributed by atoms with Gasteiger partial charge in [-0.25, -0.2) is 4.79 Å². The van der Waals surface area contributed by atoms with E-state index in [9.17, 15) is 19.8 Å². The van der Waals surface area contributed by atoms with Gasteiger partial charge in [0.05, 0.1) is 11.5 Å². The summed E-state index contributed by atoms with van der Waals surface area (Å²) in [5.41, 5.74) is 0.548. The van der Waals surface area contributed by atoms with Crippen LogP contribution >= 0.6 is 11.8 Å². The van der Waals surface area contributed by atoms with Crippen LogP contribution in [0, 0.1) is 0 Å². The predicted octanol–water partition coefficient (Wildman–Crippen LogP) is 2.54. The molecule has 1 aromatic rings. The van der Waals surface area contributed by atoms with E-state index >= 15 is 0 Å². The third-order valence-electron chi connectivity index (χ3n) is 3.04. The zero-order chi connectivity index (χ0) is 18.3. The zero-order valence-electron chi connectivity index (χ0n) is 14.1. The van der Waals surface area contributed by atoms with Crippen LogP contribution in [-0.4, -0.2) is 53.8 Å². The van der Waals surface area contributed by atoms with Crippen molar-refractivity contribution in [3.8, 4) is 11.5 Å². The molecule has 1 aromatic carbocycles. The van der Waals surface area contributed by atoms with Gasteiger partial charge >= 0.3 is 5.97 Å². The van der Waals surface area contributed by atoms with Gasteiger partial charge in [-0.15, -0.1) is 11.8 Å². The normalized spacial score (nSPS) is 12.0. The highest BCUT2D eigenvalue weighted by Gasteiger charge is 2.15. The van der Waals surface area contributed by atoms with Crippen molar-refractivity contribution in [1.82, 2.24) is 4.90 Å². The van der Waals surface area contributed by atoms with Gasteiger partial charge in [-0.3, -0.25) is 4.79 Å². The molecular weight excluding hydrogens is 330 g/mol. The molecule has 24 heavy (non-hydrogen) atoms. The highest BCUT2D eigenvalue weighted by atomic mass is 32.2. The summed E-state index contributed by atoms with van der Waals surface area (Å²) in [7, 11) is 3.41. The Morgan fingerprint density at radius 2 is 1.88 bits per heavy atom. The van der Waals surface area contributed by atoms with Crippen molar-refractivity contribution in [3.05, 3.63) is 46.5 Å². The Morgan fingerprint density at radius 3 is 2.38 bits per heavy atom. The molecule has 0 saturated heterocycles. The van der Waals surface area contributed by atoms with Gasteiger partial charge in [-0.1, -0.05) is 0 Å². The van der Waals surface area contributed by atoms with Crippen molar-refractivity contribution < 1.29 is 24.5 Å². The van der Waals surface area contributed by atoms with E-state index in [2.05, 4.69) is 0 Å². The summed E-state index contributed by atoms with van der Waals surface area (Å²) >= 11 is 1.21. The maximum atomic E-state index is 12.5. The number of Topliss-reactive ketones (excluding diaryl/α,β-unsaturated/α-hetero) is 1. The molecule has 0 radical (unpaired) electrons. The number of benzene rings is 1. The number of ether oxygens (including phenoxy) is 1. The average molecular weight is 351 g/mol. The van der Waals surface area contributed by atoms with E-state index in [1.54, 1.807) is 32.2 Å². The van der Waals surface area contributed by atoms with Gasteiger partial charge in [0, 0.05) is 19.7 Å². The van der Waals surface area contributed by atoms with E-state index in [0.717, 1.165) is 0 Å². The number of rotatable bonds is 7. The quantitative estimate of drug-likeness (QED) is 0.257. The second kappa shape index (κ2) is 9.02. The molecule has 0 atom stereocenters. The molecule has 0 aromatic heterocycles. The van der Waals surface area contributed by atoms with Crippen LogP contribution in [0.25, 0.3) is 0 Å². The molecule has 130 valence electrons. The largest absolute Gasteiger partial charge is 0.504 e. The van der Waals surface area contributed by atoms with E-state index < -0.39 is 5.97 Å². The number of hydrogen-bond acceptors (Lipinski definition) is 7. The molecule has 7 heteroatoms. The first-order chi connectivity index (χ1) is 11.3. The number of phenolic OH excluding ortho intramolecular Hbond substituents is 2. The number of esters is 1. The molecule has 0 spiro atoms. The Morgan fingerprint density at radius 1 is 1.21 bits per heavy atom. The maximum Gasteiger partial charge on any atom is 0.354 e. The number of ketones is 1. The summed E-state index contributed by atoms with van der Waals surface area (Å²) < 4.78 is 4.97. The smallest absolute Gasteiger partial charge is 0.354 e. The second-order valence-corrected chi connectivity index (χ2v) is 5.78. The first-order valence-electron chi connectivity index (χ1n) is 7.18. The summed E-state index contributed by atoms with van der Waals surface area (Å²) in [6, 6.07) is 3.87.